The number of ether oxygens (including phenoxy) is 1. The van der Waals surface area contributed by atoms with Gasteiger partial charge in [-0.2, -0.15) is 5.10 Å². The molecule has 1 aromatic heterocycles. The Hall–Kier alpha value is -2.01. The fourth-order valence-corrected chi connectivity index (χ4v) is 3.01. The van der Waals surface area contributed by atoms with E-state index in [1.807, 2.05) is 31.9 Å². The molecule has 0 saturated heterocycles. The standard InChI is InChI=1S/C18H28N4O/c1-12-8-9-17(23-7)15(10-12)13(2)19-11-16-14(3)20-22(6)18(16)21(4)5/h8-10,13,19H,11H2,1-7H3. The second-order valence-electron chi connectivity index (χ2n) is 6.25. The number of benzene rings is 1. The number of rotatable bonds is 6. The van der Waals surface area contributed by atoms with Crippen LogP contribution in [0, 0.1) is 13.8 Å². The van der Waals surface area contributed by atoms with Crippen LogP contribution in [-0.4, -0.2) is 31.0 Å². The first-order valence-electron chi connectivity index (χ1n) is 7.92. The number of anilines is 1. The summed E-state index contributed by atoms with van der Waals surface area (Å²) in [6.07, 6.45) is 0. The third-order valence-electron chi connectivity index (χ3n) is 4.17. The van der Waals surface area contributed by atoms with E-state index in [0.29, 0.717) is 0 Å². The number of nitrogens with zero attached hydrogens (tertiary/aromatic N) is 3. The molecule has 5 nitrogen and oxygen atoms in total. The molecule has 0 aliphatic heterocycles. The Bertz CT molecular complexity index is 676. The van der Waals surface area contributed by atoms with Gasteiger partial charge in [-0.25, -0.2) is 0 Å². The van der Waals surface area contributed by atoms with Gasteiger partial charge in [0, 0.05) is 44.9 Å². The minimum atomic E-state index is 0.194. The van der Waals surface area contributed by atoms with Crippen molar-refractivity contribution >= 4 is 5.82 Å². The molecular formula is C18H28N4O. The highest BCUT2D eigenvalue weighted by molar-refractivity contribution is 5.49. The Balaban J connectivity index is 2.20. The number of methoxy groups -OCH3 is 1. The molecule has 126 valence electrons. The molecule has 1 N–H and O–H groups in total. The van der Waals surface area contributed by atoms with Crippen LogP contribution < -0.4 is 15.0 Å². The Morgan fingerprint density at radius 3 is 2.61 bits per heavy atom. The molecule has 0 bridgehead atoms. The largest absolute Gasteiger partial charge is 0.496 e. The summed E-state index contributed by atoms with van der Waals surface area (Å²) >= 11 is 0. The van der Waals surface area contributed by atoms with Crippen molar-refractivity contribution in [1.82, 2.24) is 15.1 Å². The Kier molecular flexibility index (Phi) is 5.31. The SMILES string of the molecule is COc1ccc(C)cc1C(C)NCc1c(C)nn(C)c1N(C)C. The van der Waals surface area contributed by atoms with Gasteiger partial charge in [-0.05, 0) is 26.8 Å². The first-order chi connectivity index (χ1) is 10.8. The van der Waals surface area contributed by atoms with Gasteiger partial charge in [-0.1, -0.05) is 17.7 Å². The van der Waals surface area contributed by atoms with Crippen molar-refractivity contribution < 1.29 is 4.74 Å². The zero-order chi connectivity index (χ0) is 17.1. The first kappa shape index (κ1) is 17.3. The fraction of sp³-hybridized carbons (Fsp3) is 0.500. The van der Waals surface area contributed by atoms with E-state index >= 15 is 0 Å². The van der Waals surface area contributed by atoms with E-state index in [-0.39, 0.29) is 6.04 Å². The molecule has 0 fully saturated rings. The summed E-state index contributed by atoms with van der Waals surface area (Å²) in [5.74, 6) is 2.06. The van der Waals surface area contributed by atoms with Crippen LogP contribution in [0.1, 0.15) is 35.3 Å². The van der Waals surface area contributed by atoms with Crippen LogP contribution in [-0.2, 0) is 13.6 Å². The van der Waals surface area contributed by atoms with Crippen LogP contribution in [0.25, 0.3) is 0 Å². The molecule has 0 aliphatic rings. The van der Waals surface area contributed by atoms with Gasteiger partial charge in [0.25, 0.3) is 0 Å². The summed E-state index contributed by atoms with van der Waals surface area (Å²) in [6, 6.07) is 6.48. The van der Waals surface area contributed by atoms with Crippen molar-refractivity contribution in [2.24, 2.45) is 7.05 Å². The van der Waals surface area contributed by atoms with Gasteiger partial charge < -0.3 is 15.0 Å². The second-order valence-corrected chi connectivity index (χ2v) is 6.25. The van der Waals surface area contributed by atoms with Crippen LogP contribution in [0.5, 0.6) is 5.75 Å². The average Bonchev–Trinajstić information content (AvgIpc) is 2.78. The normalized spacial score (nSPS) is 12.3. The number of hydrogen-bond donors (Lipinski definition) is 1. The maximum Gasteiger partial charge on any atom is 0.130 e. The van der Waals surface area contributed by atoms with Crippen molar-refractivity contribution in [3.63, 3.8) is 0 Å². The highest BCUT2D eigenvalue weighted by atomic mass is 16.5. The van der Waals surface area contributed by atoms with Crippen LogP contribution in [0.2, 0.25) is 0 Å². The summed E-state index contributed by atoms with van der Waals surface area (Å²) in [7, 11) is 7.80. The van der Waals surface area contributed by atoms with Gasteiger partial charge in [-0.3, -0.25) is 4.68 Å². The summed E-state index contributed by atoms with van der Waals surface area (Å²) in [4.78, 5) is 2.11. The molecule has 0 aliphatic carbocycles. The number of nitrogens with one attached hydrogen (secondary N) is 1. The molecule has 0 spiro atoms. The molecular weight excluding hydrogens is 288 g/mol. The Morgan fingerprint density at radius 1 is 1.30 bits per heavy atom. The molecule has 0 radical (unpaired) electrons. The summed E-state index contributed by atoms with van der Waals surface area (Å²) < 4.78 is 7.43. The van der Waals surface area contributed by atoms with Gasteiger partial charge in [0.15, 0.2) is 0 Å². The summed E-state index contributed by atoms with van der Waals surface area (Å²) in [6.45, 7) is 7.09. The highest BCUT2D eigenvalue weighted by Gasteiger charge is 2.17. The zero-order valence-electron chi connectivity index (χ0n) is 15.3. The van der Waals surface area contributed by atoms with Crippen LogP contribution >= 0.6 is 0 Å². The molecule has 1 atom stereocenters. The third-order valence-corrected chi connectivity index (χ3v) is 4.17. The van der Waals surface area contributed by atoms with Gasteiger partial charge in [0.1, 0.15) is 11.6 Å². The molecule has 2 aromatic rings. The zero-order valence-corrected chi connectivity index (χ0v) is 15.3. The number of aromatic nitrogens is 2. The van der Waals surface area contributed by atoms with Crippen molar-refractivity contribution in [3.8, 4) is 5.75 Å². The molecule has 1 aromatic carbocycles. The molecule has 5 heteroatoms. The molecule has 2 rings (SSSR count). The quantitative estimate of drug-likeness (QED) is 0.890. The highest BCUT2D eigenvalue weighted by Crippen LogP contribution is 2.27. The van der Waals surface area contributed by atoms with E-state index < -0.39 is 0 Å². The molecule has 0 saturated carbocycles. The van der Waals surface area contributed by atoms with Crippen molar-refractivity contribution in [2.45, 2.75) is 33.4 Å². The summed E-state index contributed by atoms with van der Waals surface area (Å²) in [5, 5.41) is 8.15. The maximum absolute atomic E-state index is 5.50. The average molecular weight is 316 g/mol. The van der Waals surface area contributed by atoms with Crippen LogP contribution in [0.3, 0.4) is 0 Å². The minimum absolute atomic E-state index is 0.194. The van der Waals surface area contributed by atoms with Gasteiger partial charge >= 0.3 is 0 Å². The Morgan fingerprint density at radius 2 is 2.00 bits per heavy atom. The van der Waals surface area contributed by atoms with Crippen LogP contribution in [0.15, 0.2) is 18.2 Å². The molecule has 1 heterocycles. The molecule has 23 heavy (non-hydrogen) atoms. The lowest BCUT2D eigenvalue weighted by Crippen LogP contribution is -2.21. The molecule has 0 amide bonds. The van der Waals surface area contributed by atoms with E-state index in [2.05, 4.69) is 48.2 Å². The lowest BCUT2D eigenvalue weighted by molar-refractivity contribution is 0.401. The number of hydrogen-bond acceptors (Lipinski definition) is 4. The van der Waals surface area contributed by atoms with Gasteiger partial charge in [-0.15, -0.1) is 0 Å². The topological polar surface area (TPSA) is 42.3 Å². The minimum Gasteiger partial charge on any atom is -0.496 e. The Labute approximate surface area is 139 Å². The second kappa shape index (κ2) is 7.04. The van der Waals surface area contributed by atoms with Crippen LogP contribution in [0.4, 0.5) is 5.82 Å². The lowest BCUT2D eigenvalue weighted by Gasteiger charge is -2.20. The summed E-state index contributed by atoms with van der Waals surface area (Å²) in [5.41, 5.74) is 4.71. The van der Waals surface area contributed by atoms with Gasteiger partial charge in [0.2, 0.25) is 0 Å². The smallest absolute Gasteiger partial charge is 0.130 e. The number of aryl methyl sites for hydroxylation is 3. The first-order valence-corrected chi connectivity index (χ1v) is 7.92. The van der Waals surface area contributed by atoms with Crippen molar-refractivity contribution in [1.29, 1.82) is 0 Å². The van der Waals surface area contributed by atoms with E-state index in [9.17, 15) is 0 Å². The predicted octanol–water partition coefficient (Wildman–Crippen LogP) is 2.96. The lowest BCUT2D eigenvalue weighted by atomic mass is 10.0. The predicted molar refractivity (Wildman–Crippen MR) is 95.3 cm³/mol. The van der Waals surface area contributed by atoms with E-state index in [4.69, 9.17) is 4.74 Å². The van der Waals surface area contributed by atoms with Crippen molar-refractivity contribution in [2.75, 3.05) is 26.1 Å². The monoisotopic (exact) mass is 316 g/mol. The van der Waals surface area contributed by atoms with Gasteiger partial charge in [0.05, 0.1) is 12.8 Å². The van der Waals surface area contributed by atoms with E-state index in [1.165, 1.54) is 16.7 Å². The molecule has 1 unspecified atom stereocenters. The fourth-order valence-electron chi connectivity index (χ4n) is 3.01. The van der Waals surface area contributed by atoms with E-state index in [1.54, 1.807) is 7.11 Å². The third kappa shape index (κ3) is 3.67. The van der Waals surface area contributed by atoms with Crippen molar-refractivity contribution in [3.05, 3.63) is 40.6 Å². The maximum atomic E-state index is 5.50. The van der Waals surface area contributed by atoms with E-state index in [0.717, 1.165) is 23.8 Å².